The monoisotopic (exact) mass is 344 g/mol. The van der Waals surface area contributed by atoms with E-state index in [4.69, 9.17) is 4.52 Å². The first-order valence-electron chi connectivity index (χ1n) is 4.79. The van der Waals surface area contributed by atoms with Gasteiger partial charge >= 0.3 is 0 Å². The first-order chi connectivity index (χ1) is 8.06. The summed E-state index contributed by atoms with van der Waals surface area (Å²) in [5.74, 6) is 0.440. The van der Waals surface area contributed by atoms with Gasteiger partial charge in [0.2, 0.25) is 0 Å². The summed E-state index contributed by atoms with van der Waals surface area (Å²) >= 11 is 2.07. The molecule has 0 unspecified atom stereocenters. The number of hydrogen-bond acceptors (Lipinski definition) is 4. The van der Waals surface area contributed by atoms with Crippen LogP contribution in [0.3, 0.4) is 0 Å². The van der Waals surface area contributed by atoms with Crippen molar-refractivity contribution in [2.24, 2.45) is 0 Å². The number of amides is 1. The molecule has 2 aromatic rings. The largest absolute Gasteiger partial charge is 0.507 e. The second-order valence-corrected chi connectivity index (χ2v) is 4.68. The molecule has 0 aliphatic heterocycles. The molecule has 88 valence electrons. The second kappa shape index (κ2) is 4.74. The van der Waals surface area contributed by atoms with Gasteiger partial charge in [0.25, 0.3) is 5.91 Å². The Hall–Kier alpha value is -1.57. The number of halogens is 1. The summed E-state index contributed by atoms with van der Waals surface area (Å²) in [5.41, 5.74) is 0.206. The molecule has 1 aromatic carbocycles. The van der Waals surface area contributed by atoms with Crippen molar-refractivity contribution in [2.75, 3.05) is 5.32 Å². The zero-order chi connectivity index (χ0) is 12.4. The highest BCUT2D eigenvalue weighted by molar-refractivity contribution is 14.1. The maximum Gasteiger partial charge on any atom is 0.260 e. The number of phenolic OH excluding ortho intramolecular Hbond substituents is 1. The Morgan fingerprint density at radius 3 is 2.88 bits per heavy atom. The Kier molecular flexibility index (Phi) is 3.32. The van der Waals surface area contributed by atoms with Gasteiger partial charge in [0.1, 0.15) is 11.5 Å². The molecule has 5 nitrogen and oxygen atoms in total. The lowest BCUT2D eigenvalue weighted by molar-refractivity contribution is 0.102. The van der Waals surface area contributed by atoms with Crippen LogP contribution in [0, 0.1) is 10.5 Å². The van der Waals surface area contributed by atoms with E-state index >= 15 is 0 Å². The van der Waals surface area contributed by atoms with Crippen LogP contribution in [-0.4, -0.2) is 16.2 Å². The Morgan fingerprint density at radius 2 is 2.24 bits per heavy atom. The van der Waals surface area contributed by atoms with Gasteiger partial charge in [0.05, 0.1) is 5.56 Å². The number of benzene rings is 1. The molecule has 2 N–H and O–H groups in total. The van der Waals surface area contributed by atoms with Gasteiger partial charge < -0.3 is 14.9 Å². The maximum atomic E-state index is 11.8. The van der Waals surface area contributed by atoms with Crippen LogP contribution >= 0.6 is 22.6 Å². The van der Waals surface area contributed by atoms with Gasteiger partial charge in [-0.1, -0.05) is 5.16 Å². The fourth-order valence-corrected chi connectivity index (χ4v) is 1.79. The van der Waals surface area contributed by atoms with Crippen molar-refractivity contribution in [1.29, 1.82) is 0 Å². The van der Waals surface area contributed by atoms with E-state index in [2.05, 4.69) is 33.1 Å². The molecule has 6 heteroatoms. The molecule has 0 atom stereocenters. The highest BCUT2D eigenvalue weighted by Gasteiger charge is 2.13. The van der Waals surface area contributed by atoms with E-state index in [0.717, 1.165) is 3.57 Å². The third-order valence-corrected chi connectivity index (χ3v) is 2.74. The summed E-state index contributed by atoms with van der Waals surface area (Å²) < 4.78 is 5.69. The fraction of sp³-hybridized carbons (Fsp3) is 0.0909. The second-order valence-electron chi connectivity index (χ2n) is 3.44. The minimum Gasteiger partial charge on any atom is -0.507 e. The van der Waals surface area contributed by atoms with Crippen molar-refractivity contribution >= 4 is 34.3 Å². The summed E-state index contributed by atoms with van der Waals surface area (Å²) in [4.78, 5) is 11.8. The van der Waals surface area contributed by atoms with Crippen LogP contribution in [-0.2, 0) is 0 Å². The van der Waals surface area contributed by atoms with Crippen molar-refractivity contribution in [3.8, 4) is 5.75 Å². The van der Waals surface area contributed by atoms with Crippen molar-refractivity contribution < 1.29 is 14.4 Å². The smallest absolute Gasteiger partial charge is 0.260 e. The number of anilines is 1. The van der Waals surface area contributed by atoms with E-state index in [1.807, 2.05) is 0 Å². The highest BCUT2D eigenvalue weighted by Crippen LogP contribution is 2.21. The molecule has 17 heavy (non-hydrogen) atoms. The van der Waals surface area contributed by atoms with Gasteiger partial charge in [0, 0.05) is 9.64 Å². The summed E-state index contributed by atoms with van der Waals surface area (Å²) in [5, 5.41) is 15.8. The Balaban J connectivity index is 2.22. The molecule has 0 fully saturated rings. The third kappa shape index (κ3) is 2.76. The predicted octanol–water partition coefficient (Wildman–Crippen LogP) is 2.55. The fourth-order valence-electron chi connectivity index (χ4n) is 1.30. The third-order valence-electron chi connectivity index (χ3n) is 2.07. The van der Waals surface area contributed by atoms with Crippen molar-refractivity contribution in [2.45, 2.75) is 6.92 Å². The molecular formula is C11H9IN2O3. The van der Waals surface area contributed by atoms with E-state index in [1.54, 1.807) is 25.1 Å². The number of hydrogen-bond donors (Lipinski definition) is 2. The Labute approximate surface area is 111 Å². The summed E-state index contributed by atoms with van der Waals surface area (Å²) in [6.45, 7) is 1.73. The zero-order valence-electron chi connectivity index (χ0n) is 8.90. The number of aromatic nitrogens is 1. The highest BCUT2D eigenvalue weighted by atomic mass is 127. The molecule has 0 bridgehead atoms. The number of rotatable bonds is 2. The summed E-state index contributed by atoms with van der Waals surface area (Å²) in [7, 11) is 0. The zero-order valence-corrected chi connectivity index (χ0v) is 11.1. The molecule has 0 aliphatic rings. The van der Waals surface area contributed by atoms with Crippen LogP contribution in [0.25, 0.3) is 0 Å². The SMILES string of the molecule is Cc1cc(NC(=O)c2cc(I)ccc2O)no1. The lowest BCUT2D eigenvalue weighted by Gasteiger charge is -2.04. The van der Waals surface area contributed by atoms with Crippen LogP contribution in [0.4, 0.5) is 5.82 Å². The van der Waals surface area contributed by atoms with Crippen molar-refractivity contribution in [1.82, 2.24) is 5.16 Å². The Bertz CT molecular complexity index is 566. The van der Waals surface area contributed by atoms with Crippen molar-refractivity contribution in [3.63, 3.8) is 0 Å². The van der Waals surface area contributed by atoms with Gasteiger partial charge in [0.15, 0.2) is 5.82 Å². The number of carbonyl (C=O) groups excluding carboxylic acids is 1. The maximum absolute atomic E-state index is 11.8. The molecule has 0 saturated heterocycles. The molecule has 1 heterocycles. The van der Waals surface area contributed by atoms with Crippen molar-refractivity contribution in [3.05, 3.63) is 39.2 Å². The number of phenols is 1. The summed E-state index contributed by atoms with van der Waals surface area (Å²) in [6, 6.07) is 6.39. The lowest BCUT2D eigenvalue weighted by Crippen LogP contribution is -2.12. The average Bonchev–Trinajstić information content (AvgIpc) is 2.67. The topological polar surface area (TPSA) is 75.4 Å². The van der Waals surface area contributed by atoms with Gasteiger partial charge in [-0.25, -0.2) is 0 Å². The first-order valence-corrected chi connectivity index (χ1v) is 5.87. The predicted molar refractivity (Wildman–Crippen MR) is 70.0 cm³/mol. The number of nitrogens with one attached hydrogen (secondary N) is 1. The quantitative estimate of drug-likeness (QED) is 0.821. The molecule has 0 saturated carbocycles. The minimum atomic E-state index is -0.422. The molecule has 0 radical (unpaired) electrons. The average molecular weight is 344 g/mol. The molecule has 1 aromatic heterocycles. The van der Waals surface area contributed by atoms with Crippen LogP contribution in [0.15, 0.2) is 28.8 Å². The van der Waals surface area contributed by atoms with Gasteiger partial charge in [-0.05, 0) is 47.7 Å². The van der Waals surface area contributed by atoms with E-state index in [1.165, 1.54) is 6.07 Å². The summed E-state index contributed by atoms with van der Waals surface area (Å²) in [6.07, 6.45) is 0. The first kappa shape index (κ1) is 11.9. The van der Waals surface area contributed by atoms with Gasteiger partial charge in [-0.3, -0.25) is 4.79 Å². The van der Waals surface area contributed by atoms with Crippen LogP contribution < -0.4 is 5.32 Å². The normalized spacial score (nSPS) is 10.2. The van der Waals surface area contributed by atoms with Gasteiger partial charge in [-0.15, -0.1) is 0 Å². The minimum absolute atomic E-state index is 0.0665. The van der Waals surface area contributed by atoms with E-state index in [0.29, 0.717) is 11.6 Å². The standard InChI is InChI=1S/C11H9IN2O3/c1-6-4-10(14-17-6)13-11(16)8-5-7(12)2-3-9(8)15/h2-5,15H,1H3,(H,13,14,16). The number of aryl methyl sites for hydroxylation is 1. The molecule has 1 amide bonds. The van der Waals surface area contributed by atoms with E-state index < -0.39 is 5.91 Å². The van der Waals surface area contributed by atoms with Crippen LogP contribution in [0.1, 0.15) is 16.1 Å². The van der Waals surface area contributed by atoms with E-state index in [9.17, 15) is 9.90 Å². The lowest BCUT2D eigenvalue weighted by atomic mass is 10.2. The number of aromatic hydroxyl groups is 1. The molecule has 0 spiro atoms. The molecular weight excluding hydrogens is 335 g/mol. The van der Waals surface area contributed by atoms with Gasteiger partial charge in [-0.2, -0.15) is 0 Å². The van der Waals surface area contributed by atoms with Crippen LogP contribution in [0.5, 0.6) is 5.75 Å². The number of nitrogens with zero attached hydrogens (tertiary/aromatic N) is 1. The molecule has 2 rings (SSSR count). The Morgan fingerprint density at radius 1 is 1.47 bits per heavy atom. The number of carbonyl (C=O) groups is 1. The van der Waals surface area contributed by atoms with Crippen LogP contribution in [0.2, 0.25) is 0 Å². The van der Waals surface area contributed by atoms with E-state index in [-0.39, 0.29) is 11.3 Å². The molecule has 0 aliphatic carbocycles.